The van der Waals surface area contributed by atoms with Crippen molar-refractivity contribution in [3.63, 3.8) is 0 Å². The molecule has 0 spiro atoms. The van der Waals surface area contributed by atoms with Crippen LogP contribution in [0.1, 0.15) is 78.1 Å². The molecule has 1 unspecified atom stereocenters. The highest BCUT2D eigenvalue weighted by molar-refractivity contribution is 5.80. The van der Waals surface area contributed by atoms with E-state index in [1.807, 2.05) is 0 Å². The Hall–Kier alpha value is -0.370. The maximum Gasteiger partial charge on any atom is 0.137 e. The fraction of sp³-hybridized carbons (Fsp3) is 0.933. The molecule has 1 atom stereocenters. The molecule has 0 aliphatic carbocycles. The first-order valence-electron chi connectivity index (χ1n) is 7.36. The first kappa shape index (κ1) is 16.6. The topological polar surface area (TPSA) is 37.3 Å². The quantitative estimate of drug-likeness (QED) is 0.523. The summed E-state index contributed by atoms with van der Waals surface area (Å²) < 4.78 is 0. The normalized spacial score (nSPS) is 12.6. The van der Waals surface area contributed by atoms with Gasteiger partial charge in [-0.1, -0.05) is 65.2 Å². The van der Waals surface area contributed by atoms with Crippen molar-refractivity contribution >= 4 is 5.78 Å². The zero-order valence-corrected chi connectivity index (χ0v) is 11.7. The Bertz CT molecular complexity index is 178. The number of Topliss-reactive ketones (excluding diaryl/α,β-unsaturated/α-hetero) is 1. The zero-order chi connectivity index (χ0) is 12.9. The van der Waals surface area contributed by atoms with Crippen LogP contribution in [-0.2, 0) is 4.79 Å². The molecule has 0 radical (unpaired) electrons. The van der Waals surface area contributed by atoms with E-state index in [9.17, 15) is 4.79 Å². The van der Waals surface area contributed by atoms with Crippen LogP contribution in [0.5, 0.6) is 0 Å². The van der Waals surface area contributed by atoms with Crippen LogP contribution < -0.4 is 0 Å². The van der Waals surface area contributed by atoms with Crippen LogP contribution in [-0.4, -0.2) is 17.5 Å². The molecule has 0 bridgehead atoms. The third kappa shape index (κ3) is 10.5. The summed E-state index contributed by atoms with van der Waals surface area (Å²) in [5, 5.41) is 8.83. The highest BCUT2D eigenvalue weighted by Crippen LogP contribution is 2.11. The second-order valence-electron chi connectivity index (χ2n) is 5.13. The minimum atomic E-state index is -0.163. The highest BCUT2D eigenvalue weighted by Gasteiger charge is 2.10. The van der Waals surface area contributed by atoms with Crippen molar-refractivity contribution in [1.29, 1.82) is 0 Å². The van der Waals surface area contributed by atoms with Crippen molar-refractivity contribution in [2.45, 2.75) is 78.1 Å². The fourth-order valence-electron chi connectivity index (χ4n) is 1.96. The maximum atomic E-state index is 11.4. The van der Waals surface area contributed by atoms with Crippen molar-refractivity contribution in [1.82, 2.24) is 0 Å². The molecule has 0 saturated carbocycles. The standard InChI is InChI=1S/C15H30O2/c1-3-4-5-6-7-8-9-10-11-12-15(17)14(2)13-16/h14,16H,3-13H2,1-2H3. The number of ketones is 1. The monoisotopic (exact) mass is 242 g/mol. The van der Waals surface area contributed by atoms with Gasteiger partial charge in [0.25, 0.3) is 0 Å². The summed E-state index contributed by atoms with van der Waals surface area (Å²) in [5.41, 5.74) is 0. The van der Waals surface area contributed by atoms with Gasteiger partial charge in [0.1, 0.15) is 5.78 Å². The summed E-state index contributed by atoms with van der Waals surface area (Å²) in [6.45, 7) is 4.04. The number of unbranched alkanes of at least 4 members (excludes halogenated alkanes) is 8. The summed E-state index contributed by atoms with van der Waals surface area (Å²) in [6.07, 6.45) is 12.2. The minimum Gasteiger partial charge on any atom is -0.396 e. The number of carbonyl (C=O) groups excluding carboxylic acids is 1. The van der Waals surface area contributed by atoms with E-state index >= 15 is 0 Å². The predicted octanol–water partition coefficient (Wildman–Crippen LogP) is 4.10. The largest absolute Gasteiger partial charge is 0.396 e. The lowest BCUT2D eigenvalue weighted by molar-refractivity contribution is -0.123. The van der Waals surface area contributed by atoms with Gasteiger partial charge in [-0.15, -0.1) is 0 Å². The van der Waals surface area contributed by atoms with Gasteiger partial charge < -0.3 is 5.11 Å². The van der Waals surface area contributed by atoms with Gasteiger partial charge in [-0.25, -0.2) is 0 Å². The zero-order valence-electron chi connectivity index (χ0n) is 11.7. The molecule has 0 aromatic rings. The fourth-order valence-corrected chi connectivity index (χ4v) is 1.96. The number of rotatable bonds is 12. The average Bonchev–Trinajstić information content (AvgIpc) is 2.35. The lowest BCUT2D eigenvalue weighted by Crippen LogP contribution is -2.14. The highest BCUT2D eigenvalue weighted by atomic mass is 16.3. The van der Waals surface area contributed by atoms with E-state index in [0.717, 1.165) is 12.8 Å². The summed E-state index contributed by atoms with van der Waals surface area (Å²) in [7, 11) is 0. The van der Waals surface area contributed by atoms with E-state index < -0.39 is 0 Å². The molecule has 102 valence electrons. The first-order chi connectivity index (χ1) is 8.22. The Balaban J connectivity index is 3.16. The second-order valence-corrected chi connectivity index (χ2v) is 5.13. The Morgan fingerprint density at radius 3 is 1.88 bits per heavy atom. The molecule has 0 saturated heterocycles. The second kappa shape index (κ2) is 12.1. The predicted molar refractivity (Wildman–Crippen MR) is 73.1 cm³/mol. The van der Waals surface area contributed by atoms with Gasteiger partial charge in [-0.05, 0) is 6.42 Å². The van der Waals surface area contributed by atoms with Crippen LogP contribution >= 0.6 is 0 Å². The lowest BCUT2D eigenvalue weighted by atomic mass is 10.0. The molecule has 17 heavy (non-hydrogen) atoms. The van der Waals surface area contributed by atoms with Crippen molar-refractivity contribution in [2.24, 2.45) is 5.92 Å². The third-order valence-electron chi connectivity index (χ3n) is 3.35. The van der Waals surface area contributed by atoms with Crippen LogP contribution in [0, 0.1) is 5.92 Å². The van der Waals surface area contributed by atoms with Crippen LogP contribution in [0.15, 0.2) is 0 Å². The minimum absolute atomic E-state index is 0.00371. The molecule has 0 aromatic heterocycles. The molecule has 2 nitrogen and oxygen atoms in total. The number of aliphatic hydroxyl groups excluding tert-OH is 1. The molecule has 0 heterocycles. The molecule has 0 aromatic carbocycles. The van der Waals surface area contributed by atoms with Crippen molar-refractivity contribution in [3.8, 4) is 0 Å². The van der Waals surface area contributed by atoms with Crippen LogP contribution in [0.25, 0.3) is 0 Å². The smallest absolute Gasteiger partial charge is 0.137 e. The Morgan fingerprint density at radius 2 is 1.41 bits per heavy atom. The molecular formula is C15H30O2. The van der Waals surface area contributed by atoms with E-state index in [0.29, 0.717) is 6.42 Å². The van der Waals surface area contributed by atoms with Gasteiger partial charge in [0.15, 0.2) is 0 Å². The van der Waals surface area contributed by atoms with Crippen molar-refractivity contribution < 1.29 is 9.90 Å². The summed E-state index contributed by atoms with van der Waals surface area (Å²) in [4.78, 5) is 11.4. The molecule has 1 N–H and O–H groups in total. The molecule has 0 aliphatic rings. The van der Waals surface area contributed by atoms with Gasteiger partial charge in [-0.2, -0.15) is 0 Å². The van der Waals surface area contributed by atoms with E-state index in [2.05, 4.69) is 6.92 Å². The Morgan fingerprint density at radius 1 is 0.941 bits per heavy atom. The van der Waals surface area contributed by atoms with Crippen LogP contribution in [0.2, 0.25) is 0 Å². The van der Waals surface area contributed by atoms with Gasteiger partial charge in [0, 0.05) is 12.3 Å². The van der Waals surface area contributed by atoms with Gasteiger partial charge in [0.05, 0.1) is 6.61 Å². The SMILES string of the molecule is CCCCCCCCCCCC(=O)C(C)CO. The molecule has 0 rings (SSSR count). The number of hydrogen-bond acceptors (Lipinski definition) is 2. The molecular weight excluding hydrogens is 212 g/mol. The average molecular weight is 242 g/mol. The van der Waals surface area contributed by atoms with Crippen LogP contribution in [0.4, 0.5) is 0 Å². The Labute approximate surface area is 107 Å². The summed E-state index contributed by atoms with van der Waals surface area (Å²) >= 11 is 0. The Kier molecular flexibility index (Phi) is 11.8. The third-order valence-corrected chi connectivity index (χ3v) is 3.35. The van der Waals surface area contributed by atoms with Crippen LogP contribution in [0.3, 0.4) is 0 Å². The van der Waals surface area contributed by atoms with Gasteiger partial charge in [-0.3, -0.25) is 4.79 Å². The summed E-state index contributed by atoms with van der Waals surface area (Å²) in [6, 6.07) is 0. The van der Waals surface area contributed by atoms with Crippen molar-refractivity contribution in [3.05, 3.63) is 0 Å². The van der Waals surface area contributed by atoms with E-state index in [1.54, 1.807) is 6.92 Å². The number of hydrogen-bond donors (Lipinski definition) is 1. The summed E-state index contributed by atoms with van der Waals surface area (Å²) in [5.74, 6) is 0.0551. The lowest BCUT2D eigenvalue weighted by Gasteiger charge is -2.06. The number of aliphatic hydroxyl groups is 1. The molecule has 2 heteroatoms. The van der Waals surface area contributed by atoms with E-state index in [-0.39, 0.29) is 18.3 Å². The maximum absolute atomic E-state index is 11.4. The first-order valence-corrected chi connectivity index (χ1v) is 7.36. The molecule has 0 amide bonds. The molecule has 0 aliphatic heterocycles. The van der Waals surface area contributed by atoms with Gasteiger partial charge >= 0.3 is 0 Å². The van der Waals surface area contributed by atoms with Crippen molar-refractivity contribution in [2.75, 3.05) is 6.61 Å². The van der Waals surface area contributed by atoms with Gasteiger partial charge in [0.2, 0.25) is 0 Å². The van der Waals surface area contributed by atoms with E-state index in [4.69, 9.17) is 5.11 Å². The molecule has 0 fully saturated rings. The van der Waals surface area contributed by atoms with E-state index in [1.165, 1.54) is 44.9 Å². The number of carbonyl (C=O) groups is 1.